The van der Waals surface area contributed by atoms with Crippen LogP contribution in [0.3, 0.4) is 0 Å². The lowest BCUT2D eigenvalue weighted by Crippen LogP contribution is -2.60. The van der Waals surface area contributed by atoms with Crippen LogP contribution in [0.2, 0.25) is 0 Å². The van der Waals surface area contributed by atoms with E-state index < -0.39 is 60.2 Å². The van der Waals surface area contributed by atoms with Gasteiger partial charge in [-0.1, -0.05) is 85.2 Å². The first-order valence-corrected chi connectivity index (χ1v) is 21.0. The number of rotatable bonds is 27. The standard InChI is InChI=1S/C43H74N6O10/c1-12-29(6)38(48(9)42(53)36(27(2)3)46-41(52)37(28(4)5)47(8)21-22-58-23-24-59-44)34(56-10)26-35(50)49-20-16-19-33(49)39(57-11)30(7)40(51)45-32(43(54)55)25-31-17-14-13-15-18-31/h13-15,17-18,27-30,32-34,36-39H,12,16,19-26,44H2,1-11H3,(H,45,51)(H,46,52)(H,54,55)/t29-,30+,32-,33-,34+,36+,37-,38-,39+/m0/s1. The quantitative estimate of drug-likeness (QED) is 0.0747. The number of nitrogens with two attached hydrogens (primary N) is 1. The topological polar surface area (TPSA) is 202 Å². The molecule has 1 fully saturated rings. The predicted octanol–water partition coefficient (Wildman–Crippen LogP) is 2.72. The molecule has 0 radical (unpaired) electrons. The number of nitrogens with zero attached hydrogens (tertiary/aromatic N) is 3. The monoisotopic (exact) mass is 835 g/mol. The first kappa shape index (κ1) is 51.5. The summed E-state index contributed by atoms with van der Waals surface area (Å²) in [4.78, 5) is 78.0. The lowest BCUT2D eigenvalue weighted by Gasteiger charge is -2.41. The lowest BCUT2D eigenvalue weighted by atomic mass is 9.89. The molecule has 0 saturated carbocycles. The van der Waals surface area contributed by atoms with Crippen LogP contribution >= 0.6 is 0 Å². The summed E-state index contributed by atoms with van der Waals surface area (Å²) in [5.74, 6) is 1.55. The highest BCUT2D eigenvalue weighted by Crippen LogP contribution is 2.30. The zero-order chi connectivity index (χ0) is 44.4. The van der Waals surface area contributed by atoms with Gasteiger partial charge in [0.1, 0.15) is 12.1 Å². The lowest BCUT2D eigenvalue weighted by molar-refractivity contribution is -0.148. The van der Waals surface area contributed by atoms with Crippen LogP contribution < -0.4 is 16.5 Å². The molecule has 0 aliphatic carbocycles. The number of carbonyl (C=O) groups is 5. The SMILES string of the molecule is CC[C@H](C)[C@@H]([C@@H](CC(=O)N1CCC[C@H]1[C@H](OC)[C@@H](C)C(=O)N[C@@H](Cc1ccccc1)C(=O)O)OC)N(C)C(=O)[C@H](NC(=O)[C@H](C(C)C)N(C)CCOCCON)C(C)C. The van der Waals surface area contributed by atoms with Gasteiger partial charge >= 0.3 is 5.97 Å². The molecule has 16 heteroatoms. The molecule has 59 heavy (non-hydrogen) atoms. The fourth-order valence-electron chi connectivity index (χ4n) is 8.20. The van der Waals surface area contributed by atoms with Crippen LogP contribution in [0.15, 0.2) is 30.3 Å². The van der Waals surface area contributed by atoms with E-state index in [0.29, 0.717) is 45.6 Å². The van der Waals surface area contributed by atoms with Crippen molar-refractivity contribution in [2.24, 2.45) is 29.6 Å². The summed E-state index contributed by atoms with van der Waals surface area (Å²) in [6.45, 7) is 15.3. The van der Waals surface area contributed by atoms with Gasteiger partial charge in [0.2, 0.25) is 23.6 Å². The third-order valence-electron chi connectivity index (χ3n) is 11.7. The highest BCUT2D eigenvalue weighted by atomic mass is 16.6. The first-order valence-electron chi connectivity index (χ1n) is 21.0. The number of amides is 4. The van der Waals surface area contributed by atoms with Gasteiger partial charge in [-0.25, -0.2) is 10.7 Å². The number of benzene rings is 1. The molecule has 1 aromatic rings. The summed E-state index contributed by atoms with van der Waals surface area (Å²) in [5, 5.41) is 15.6. The van der Waals surface area contributed by atoms with E-state index in [2.05, 4.69) is 15.5 Å². The molecular formula is C43H74N6O10. The maximum Gasteiger partial charge on any atom is 0.326 e. The number of hydrogen-bond acceptors (Lipinski definition) is 11. The van der Waals surface area contributed by atoms with Gasteiger partial charge in [0.15, 0.2) is 0 Å². The maximum atomic E-state index is 14.4. The molecule has 1 aliphatic heterocycles. The molecule has 0 spiro atoms. The van der Waals surface area contributed by atoms with E-state index in [0.717, 1.165) is 5.56 Å². The van der Waals surface area contributed by atoms with Crippen molar-refractivity contribution in [3.05, 3.63) is 35.9 Å². The molecule has 0 bridgehead atoms. The smallest absolute Gasteiger partial charge is 0.326 e. The summed E-state index contributed by atoms with van der Waals surface area (Å²) < 4.78 is 17.5. The molecule has 1 aromatic carbocycles. The van der Waals surface area contributed by atoms with Gasteiger partial charge in [0, 0.05) is 40.8 Å². The third kappa shape index (κ3) is 15.1. The molecule has 5 N–H and O–H groups in total. The zero-order valence-corrected chi connectivity index (χ0v) is 37.3. The molecule has 1 aliphatic rings. The minimum Gasteiger partial charge on any atom is -0.480 e. The Morgan fingerprint density at radius 3 is 2.12 bits per heavy atom. The summed E-state index contributed by atoms with van der Waals surface area (Å²) >= 11 is 0. The number of carbonyl (C=O) groups excluding carboxylic acids is 4. The summed E-state index contributed by atoms with van der Waals surface area (Å²) in [5.41, 5.74) is 0.778. The van der Waals surface area contributed by atoms with Gasteiger partial charge < -0.3 is 44.6 Å². The molecule has 1 saturated heterocycles. The Labute approximate surface area is 352 Å². The Kier molecular flexibility index (Phi) is 22.5. The zero-order valence-electron chi connectivity index (χ0n) is 37.3. The van der Waals surface area contributed by atoms with E-state index in [-0.39, 0.29) is 54.9 Å². The molecule has 0 unspecified atom stereocenters. The van der Waals surface area contributed by atoms with Gasteiger partial charge in [0.25, 0.3) is 0 Å². The minimum absolute atomic E-state index is 0.0345. The van der Waals surface area contributed by atoms with E-state index >= 15 is 0 Å². The van der Waals surface area contributed by atoms with Crippen LogP contribution in [0.5, 0.6) is 0 Å². The number of nitrogens with one attached hydrogen (secondary N) is 2. The normalized spacial score (nSPS) is 18.5. The van der Waals surface area contributed by atoms with Crippen molar-refractivity contribution in [1.29, 1.82) is 0 Å². The molecule has 4 amide bonds. The molecule has 9 atom stereocenters. The number of likely N-dealkylation sites (N-methyl/N-ethyl adjacent to an activating group) is 2. The van der Waals surface area contributed by atoms with Crippen molar-refractivity contribution < 1.29 is 48.1 Å². The number of carboxylic acids is 1. The number of methoxy groups -OCH3 is 2. The highest BCUT2D eigenvalue weighted by molar-refractivity contribution is 5.90. The van der Waals surface area contributed by atoms with Crippen molar-refractivity contribution >= 4 is 29.6 Å². The van der Waals surface area contributed by atoms with E-state index in [4.69, 9.17) is 20.1 Å². The van der Waals surface area contributed by atoms with Crippen molar-refractivity contribution in [1.82, 2.24) is 25.3 Å². The van der Waals surface area contributed by atoms with Gasteiger partial charge in [-0.2, -0.15) is 0 Å². The van der Waals surface area contributed by atoms with Crippen LogP contribution in [-0.4, -0.2) is 153 Å². The molecule has 336 valence electrons. The van der Waals surface area contributed by atoms with Gasteiger partial charge in [-0.05, 0) is 43.2 Å². The first-order chi connectivity index (χ1) is 27.9. The fourth-order valence-corrected chi connectivity index (χ4v) is 8.20. The Bertz CT molecular complexity index is 1450. The van der Waals surface area contributed by atoms with Gasteiger partial charge in [-0.3, -0.25) is 24.1 Å². The van der Waals surface area contributed by atoms with Crippen LogP contribution in [0.4, 0.5) is 0 Å². The largest absolute Gasteiger partial charge is 0.480 e. The van der Waals surface area contributed by atoms with Crippen LogP contribution in [0.1, 0.15) is 79.7 Å². The van der Waals surface area contributed by atoms with E-state index in [9.17, 15) is 29.1 Å². The average molecular weight is 835 g/mol. The summed E-state index contributed by atoms with van der Waals surface area (Å²) in [7, 11) is 6.57. The van der Waals surface area contributed by atoms with E-state index in [1.165, 1.54) is 14.2 Å². The van der Waals surface area contributed by atoms with Crippen molar-refractivity contribution in [3.63, 3.8) is 0 Å². The number of likely N-dealkylation sites (tertiary alicyclic amines) is 1. The van der Waals surface area contributed by atoms with Gasteiger partial charge in [-0.15, -0.1) is 0 Å². The Morgan fingerprint density at radius 1 is 0.915 bits per heavy atom. The number of carboxylic acid groups (broad SMARTS) is 1. The fraction of sp³-hybridized carbons (Fsp3) is 0.744. The van der Waals surface area contributed by atoms with Crippen LogP contribution in [0, 0.1) is 23.7 Å². The van der Waals surface area contributed by atoms with Crippen LogP contribution in [-0.2, 0) is 49.4 Å². The summed E-state index contributed by atoms with van der Waals surface area (Å²) in [6.07, 6.45) is 0.680. The van der Waals surface area contributed by atoms with E-state index in [1.807, 2.05) is 83.8 Å². The molecule has 0 aromatic heterocycles. The van der Waals surface area contributed by atoms with E-state index in [1.54, 1.807) is 23.8 Å². The second-order valence-electron chi connectivity index (χ2n) is 16.6. The Hall–Kier alpha value is -3.67. The maximum absolute atomic E-state index is 14.4. The molecule has 2 rings (SSSR count). The number of aliphatic carboxylic acids is 1. The number of ether oxygens (including phenoxy) is 3. The second kappa shape index (κ2) is 25.8. The second-order valence-corrected chi connectivity index (χ2v) is 16.6. The van der Waals surface area contributed by atoms with Crippen molar-refractivity contribution in [2.45, 2.75) is 123 Å². The average Bonchev–Trinajstić information content (AvgIpc) is 3.68. The van der Waals surface area contributed by atoms with Crippen LogP contribution in [0.25, 0.3) is 0 Å². The Balaban J connectivity index is 2.25. The molecular weight excluding hydrogens is 761 g/mol. The third-order valence-corrected chi connectivity index (χ3v) is 11.7. The van der Waals surface area contributed by atoms with Crippen molar-refractivity contribution in [3.8, 4) is 0 Å². The summed E-state index contributed by atoms with van der Waals surface area (Å²) in [6, 6.07) is 5.62. The Morgan fingerprint density at radius 2 is 1.58 bits per heavy atom. The van der Waals surface area contributed by atoms with Crippen molar-refractivity contribution in [2.75, 3.05) is 61.2 Å². The molecule has 16 nitrogen and oxygen atoms in total. The molecule has 1 heterocycles. The van der Waals surface area contributed by atoms with Gasteiger partial charge in [0.05, 0.1) is 62.5 Å². The highest BCUT2D eigenvalue weighted by Gasteiger charge is 2.43. The predicted molar refractivity (Wildman–Crippen MR) is 225 cm³/mol. The minimum atomic E-state index is -1.15. The number of hydrogen-bond donors (Lipinski definition) is 4.